The highest BCUT2D eigenvalue weighted by molar-refractivity contribution is 8.18. The lowest BCUT2D eigenvalue weighted by Gasteiger charge is -2.09. The fourth-order valence-electron chi connectivity index (χ4n) is 2.92. The smallest absolute Gasteiger partial charge is 0.264 e. The third kappa shape index (κ3) is 5.16. The molecule has 156 valence electrons. The molecule has 0 spiro atoms. The summed E-state index contributed by atoms with van der Waals surface area (Å²) in [4.78, 5) is 17.5. The number of nitrogens with zero attached hydrogens (tertiary/aromatic N) is 1. The molecule has 3 aromatic rings. The summed E-state index contributed by atoms with van der Waals surface area (Å²) >= 11 is 7.41. The SMILES string of the molecule is Cc1c(Cl)cccc1N=C1NC(=O)/C(=C\c2ccccc2OCc2ccc(F)cc2)S1. The molecule has 1 fully saturated rings. The highest BCUT2D eigenvalue weighted by Crippen LogP contribution is 2.32. The Hall–Kier alpha value is -3.09. The highest BCUT2D eigenvalue weighted by Gasteiger charge is 2.24. The van der Waals surface area contributed by atoms with Gasteiger partial charge in [-0.2, -0.15) is 0 Å². The van der Waals surface area contributed by atoms with Crippen molar-refractivity contribution in [1.82, 2.24) is 5.32 Å². The summed E-state index contributed by atoms with van der Waals surface area (Å²) in [5.74, 6) is 0.115. The first-order valence-electron chi connectivity index (χ1n) is 9.50. The van der Waals surface area contributed by atoms with Gasteiger partial charge in [0.1, 0.15) is 18.2 Å². The molecule has 3 aromatic carbocycles. The Morgan fingerprint density at radius 2 is 1.87 bits per heavy atom. The molecule has 1 N–H and O–H groups in total. The fourth-order valence-corrected chi connectivity index (χ4v) is 3.92. The predicted molar refractivity (Wildman–Crippen MR) is 124 cm³/mol. The number of carbonyl (C=O) groups excluding carboxylic acids is 1. The van der Waals surface area contributed by atoms with E-state index in [1.807, 2.05) is 43.3 Å². The van der Waals surface area contributed by atoms with Crippen molar-refractivity contribution < 1.29 is 13.9 Å². The molecule has 1 amide bonds. The number of nitrogens with one attached hydrogen (secondary N) is 1. The van der Waals surface area contributed by atoms with E-state index >= 15 is 0 Å². The number of thioether (sulfide) groups is 1. The van der Waals surface area contributed by atoms with Gasteiger partial charge in [0.2, 0.25) is 0 Å². The van der Waals surface area contributed by atoms with E-state index in [0.717, 1.165) is 16.7 Å². The van der Waals surface area contributed by atoms with Crippen LogP contribution >= 0.6 is 23.4 Å². The van der Waals surface area contributed by atoms with Crippen LogP contribution in [0.25, 0.3) is 6.08 Å². The summed E-state index contributed by atoms with van der Waals surface area (Å²) in [7, 11) is 0. The Morgan fingerprint density at radius 3 is 2.68 bits per heavy atom. The largest absolute Gasteiger partial charge is 0.488 e. The van der Waals surface area contributed by atoms with Gasteiger partial charge in [0, 0.05) is 10.6 Å². The Morgan fingerprint density at radius 1 is 1.10 bits per heavy atom. The molecule has 1 saturated heterocycles. The Labute approximate surface area is 188 Å². The van der Waals surface area contributed by atoms with Crippen molar-refractivity contribution in [3.8, 4) is 5.75 Å². The van der Waals surface area contributed by atoms with E-state index in [2.05, 4.69) is 10.3 Å². The molecule has 1 heterocycles. The maximum atomic E-state index is 13.1. The summed E-state index contributed by atoms with van der Waals surface area (Å²) in [5.41, 5.74) is 3.17. The summed E-state index contributed by atoms with van der Waals surface area (Å²) in [5, 5.41) is 3.90. The number of para-hydroxylation sites is 1. The lowest BCUT2D eigenvalue weighted by atomic mass is 10.2. The second kappa shape index (κ2) is 9.37. The van der Waals surface area contributed by atoms with E-state index in [0.29, 0.717) is 33.1 Å². The maximum absolute atomic E-state index is 13.1. The van der Waals surface area contributed by atoms with Gasteiger partial charge in [0.15, 0.2) is 5.17 Å². The number of benzene rings is 3. The van der Waals surface area contributed by atoms with Gasteiger partial charge in [-0.1, -0.05) is 48.0 Å². The molecule has 4 nitrogen and oxygen atoms in total. The summed E-state index contributed by atoms with van der Waals surface area (Å²) in [6.07, 6.45) is 1.77. The van der Waals surface area contributed by atoms with Crippen molar-refractivity contribution in [1.29, 1.82) is 0 Å². The van der Waals surface area contributed by atoms with E-state index in [1.165, 1.54) is 23.9 Å². The number of carbonyl (C=O) groups is 1. The van der Waals surface area contributed by atoms with Crippen LogP contribution < -0.4 is 10.1 Å². The minimum absolute atomic E-state index is 0.225. The molecule has 0 aliphatic carbocycles. The molecule has 0 unspecified atom stereocenters. The number of aliphatic imine (C=N–C) groups is 1. The number of hydrogen-bond donors (Lipinski definition) is 1. The Bertz CT molecular complexity index is 1190. The molecule has 0 atom stereocenters. The fraction of sp³-hybridized carbons (Fsp3) is 0.0833. The molecule has 1 aliphatic heterocycles. The summed E-state index contributed by atoms with van der Waals surface area (Å²) < 4.78 is 19.0. The topological polar surface area (TPSA) is 50.7 Å². The standard InChI is InChI=1S/C24H18ClFN2O2S/c1-15-19(25)6-4-7-20(15)27-24-28-23(29)22(31-24)13-17-5-2-3-8-21(17)30-14-16-9-11-18(26)12-10-16/h2-13H,14H2,1H3,(H,27,28,29)/b22-13+. The van der Waals surface area contributed by atoms with Gasteiger partial charge >= 0.3 is 0 Å². The van der Waals surface area contributed by atoms with Gasteiger partial charge in [0.25, 0.3) is 5.91 Å². The molecule has 31 heavy (non-hydrogen) atoms. The first-order valence-corrected chi connectivity index (χ1v) is 10.7. The first-order chi connectivity index (χ1) is 15.0. The van der Waals surface area contributed by atoms with Crippen LogP contribution in [0.4, 0.5) is 10.1 Å². The van der Waals surface area contributed by atoms with Crippen LogP contribution in [0.2, 0.25) is 5.02 Å². The molecule has 0 bridgehead atoms. The molecule has 0 radical (unpaired) electrons. The molecule has 0 saturated carbocycles. The van der Waals surface area contributed by atoms with E-state index in [9.17, 15) is 9.18 Å². The third-order valence-electron chi connectivity index (χ3n) is 4.63. The minimum Gasteiger partial charge on any atom is -0.488 e. The zero-order valence-electron chi connectivity index (χ0n) is 16.6. The van der Waals surface area contributed by atoms with Crippen molar-refractivity contribution in [2.75, 3.05) is 0 Å². The first kappa shape index (κ1) is 21.2. The quantitative estimate of drug-likeness (QED) is 0.465. The Balaban J connectivity index is 1.53. The van der Waals surface area contributed by atoms with Gasteiger partial charge in [-0.15, -0.1) is 0 Å². The molecule has 7 heteroatoms. The van der Waals surface area contributed by atoms with Crippen LogP contribution in [0.15, 0.2) is 76.6 Å². The number of amidine groups is 1. The average Bonchev–Trinajstić information content (AvgIpc) is 3.10. The summed E-state index contributed by atoms with van der Waals surface area (Å²) in [6, 6.07) is 19.1. The second-order valence-corrected chi connectivity index (χ2v) is 8.26. The average molecular weight is 453 g/mol. The van der Waals surface area contributed by atoms with Crippen molar-refractivity contribution in [2.24, 2.45) is 4.99 Å². The Kier molecular flexibility index (Phi) is 6.39. The maximum Gasteiger partial charge on any atom is 0.264 e. The zero-order chi connectivity index (χ0) is 21.8. The van der Waals surface area contributed by atoms with Gasteiger partial charge in [-0.05, 0) is 66.2 Å². The molecular weight excluding hydrogens is 435 g/mol. The molecular formula is C24H18ClFN2O2S. The number of rotatable bonds is 5. The lowest BCUT2D eigenvalue weighted by molar-refractivity contribution is -0.115. The molecule has 1 aliphatic rings. The molecule has 4 rings (SSSR count). The lowest BCUT2D eigenvalue weighted by Crippen LogP contribution is -2.19. The minimum atomic E-state index is -0.288. The molecule has 0 aromatic heterocycles. The van der Waals surface area contributed by atoms with E-state index in [4.69, 9.17) is 16.3 Å². The van der Waals surface area contributed by atoms with E-state index in [1.54, 1.807) is 24.3 Å². The second-order valence-electron chi connectivity index (χ2n) is 6.82. The van der Waals surface area contributed by atoms with Crippen molar-refractivity contribution in [3.63, 3.8) is 0 Å². The van der Waals surface area contributed by atoms with Crippen LogP contribution in [0.3, 0.4) is 0 Å². The van der Waals surface area contributed by atoms with Crippen LogP contribution in [-0.2, 0) is 11.4 Å². The van der Waals surface area contributed by atoms with Crippen LogP contribution in [-0.4, -0.2) is 11.1 Å². The van der Waals surface area contributed by atoms with E-state index < -0.39 is 0 Å². The van der Waals surface area contributed by atoms with Gasteiger partial charge in [-0.25, -0.2) is 9.38 Å². The number of halogens is 2. The van der Waals surface area contributed by atoms with Crippen molar-refractivity contribution >= 4 is 46.2 Å². The third-order valence-corrected chi connectivity index (χ3v) is 5.94. The number of ether oxygens (including phenoxy) is 1. The highest BCUT2D eigenvalue weighted by atomic mass is 35.5. The van der Waals surface area contributed by atoms with Crippen molar-refractivity contribution in [2.45, 2.75) is 13.5 Å². The van der Waals surface area contributed by atoms with Crippen LogP contribution in [0.5, 0.6) is 5.75 Å². The van der Waals surface area contributed by atoms with Crippen LogP contribution in [0, 0.1) is 12.7 Å². The monoisotopic (exact) mass is 452 g/mol. The normalized spacial score (nSPS) is 16.0. The summed E-state index contributed by atoms with van der Waals surface area (Å²) in [6.45, 7) is 2.18. The number of amides is 1. The van der Waals surface area contributed by atoms with E-state index in [-0.39, 0.29) is 11.7 Å². The number of hydrogen-bond acceptors (Lipinski definition) is 4. The van der Waals surface area contributed by atoms with Gasteiger partial charge in [0.05, 0.1) is 10.6 Å². The van der Waals surface area contributed by atoms with Crippen LogP contribution in [0.1, 0.15) is 16.7 Å². The van der Waals surface area contributed by atoms with Gasteiger partial charge in [-0.3, -0.25) is 4.79 Å². The predicted octanol–water partition coefficient (Wildman–Crippen LogP) is 6.26. The van der Waals surface area contributed by atoms with Gasteiger partial charge < -0.3 is 10.1 Å². The zero-order valence-corrected chi connectivity index (χ0v) is 18.1. The van der Waals surface area contributed by atoms with Crippen molar-refractivity contribution in [3.05, 3.63) is 99.2 Å².